The minimum Gasteiger partial charge on any atom is -0.398 e. The van der Waals surface area contributed by atoms with Gasteiger partial charge in [-0.2, -0.15) is 0 Å². The molecule has 1 heterocycles. The standard InChI is InChI=1S/C14H22N2O/c1-11(10-17-2)8-16-7-6-13-12(9-16)4-3-5-14(13)15/h3-5,11H,6-10,15H2,1-2H3. The summed E-state index contributed by atoms with van der Waals surface area (Å²) >= 11 is 0. The van der Waals surface area contributed by atoms with Crippen LogP contribution >= 0.6 is 0 Å². The van der Waals surface area contributed by atoms with E-state index in [-0.39, 0.29) is 0 Å². The molecular weight excluding hydrogens is 212 g/mol. The van der Waals surface area contributed by atoms with E-state index in [0.29, 0.717) is 5.92 Å². The van der Waals surface area contributed by atoms with Crippen molar-refractivity contribution >= 4 is 5.69 Å². The molecule has 1 atom stereocenters. The molecule has 0 spiro atoms. The molecule has 0 amide bonds. The molecule has 0 saturated heterocycles. The van der Waals surface area contributed by atoms with Crippen molar-refractivity contribution in [2.75, 3.05) is 32.5 Å². The van der Waals surface area contributed by atoms with Gasteiger partial charge in [0.1, 0.15) is 0 Å². The van der Waals surface area contributed by atoms with E-state index >= 15 is 0 Å². The Morgan fingerprint density at radius 1 is 1.47 bits per heavy atom. The van der Waals surface area contributed by atoms with Gasteiger partial charge < -0.3 is 10.5 Å². The normalized spacial score (nSPS) is 17.8. The van der Waals surface area contributed by atoms with E-state index in [1.54, 1.807) is 7.11 Å². The minimum absolute atomic E-state index is 0.586. The smallest absolute Gasteiger partial charge is 0.0500 e. The van der Waals surface area contributed by atoms with Crippen molar-refractivity contribution in [3.05, 3.63) is 29.3 Å². The Bertz CT molecular complexity index is 378. The predicted octanol–water partition coefficient (Wildman–Crippen LogP) is 1.91. The number of nitrogens with two attached hydrogens (primary N) is 1. The van der Waals surface area contributed by atoms with Crippen molar-refractivity contribution in [3.63, 3.8) is 0 Å². The van der Waals surface area contributed by atoms with E-state index in [0.717, 1.165) is 38.3 Å². The zero-order valence-electron chi connectivity index (χ0n) is 10.8. The number of ether oxygens (including phenoxy) is 1. The third-order valence-corrected chi connectivity index (χ3v) is 3.40. The number of methoxy groups -OCH3 is 1. The minimum atomic E-state index is 0.586. The number of nitrogen functional groups attached to an aromatic ring is 1. The van der Waals surface area contributed by atoms with Crippen LogP contribution in [0.25, 0.3) is 0 Å². The molecule has 1 unspecified atom stereocenters. The molecule has 0 radical (unpaired) electrons. The summed E-state index contributed by atoms with van der Waals surface area (Å²) in [7, 11) is 1.77. The maximum Gasteiger partial charge on any atom is 0.0500 e. The lowest BCUT2D eigenvalue weighted by Crippen LogP contribution is -2.35. The molecule has 1 aromatic carbocycles. The zero-order chi connectivity index (χ0) is 12.3. The zero-order valence-corrected chi connectivity index (χ0v) is 10.8. The van der Waals surface area contributed by atoms with E-state index in [1.807, 2.05) is 6.07 Å². The first-order valence-corrected chi connectivity index (χ1v) is 6.28. The van der Waals surface area contributed by atoms with Gasteiger partial charge in [-0.15, -0.1) is 0 Å². The Labute approximate surface area is 104 Å². The fraction of sp³-hybridized carbons (Fsp3) is 0.571. The first-order valence-electron chi connectivity index (χ1n) is 6.28. The molecule has 0 aromatic heterocycles. The van der Waals surface area contributed by atoms with Gasteiger partial charge in [-0.25, -0.2) is 0 Å². The third-order valence-electron chi connectivity index (χ3n) is 3.40. The number of hydrogen-bond donors (Lipinski definition) is 1. The second-order valence-corrected chi connectivity index (χ2v) is 5.03. The topological polar surface area (TPSA) is 38.5 Å². The van der Waals surface area contributed by atoms with Crippen LogP contribution in [0.1, 0.15) is 18.1 Å². The summed E-state index contributed by atoms with van der Waals surface area (Å²) in [6.07, 6.45) is 1.07. The Morgan fingerprint density at radius 3 is 3.06 bits per heavy atom. The SMILES string of the molecule is COCC(C)CN1CCc2c(N)cccc2C1. The summed E-state index contributed by atoms with van der Waals surface area (Å²) in [5.41, 5.74) is 9.69. The van der Waals surface area contributed by atoms with Gasteiger partial charge >= 0.3 is 0 Å². The largest absolute Gasteiger partial charge is 0.398 e. The summed E-state index contributed by atoms with van der Waals surface area (Å²) < 4.78 is 5.19. The van der Waals surface area contributed by atoms with Gasteiger partial charge in [0.05, 0.1) is 0 Å². The van der Waals surface area contributed by atoms with Crippen LogP contribution in [-0.2, 0) is 17.7 Å². The highest BCUT2D eigenvalue weighted by Crippen LogP contribution is 2.24. The number of hydrogen-bond acceptors (Lipinski definition) is 3. The van der Waals surface area contributed by atoms with Crippen molar-refractivity contribution in [1.82, 2.24) is 4.90 Å². The molecule has 0 saturated carbocycles. The number of fused-ring (bicyclic) bond motifs is 1. The van der Waals surface area contributed by atoms with Crippen molar-refractivity contribution in [2.24, 2.45) is 5.92 Å². The summed E-state index contributed by atoms with van der Waals surface area (Å²) in [5, 5.41) is 0. The molecule has 3 heteroatoms. The Balaban J connectivity index is 1.99. The second kappa shape index (κ2) is 5.52. The Morgan fingerprint density at radius 2 is 2.29 bits per heavy atom. The number of anilines is 1. The van der Waals surface area contributed by atoms with E-state index in [1.165, 1.54) is 11.1 Å². The molecular formula is C14H22N2O. The lowest BCUT2D eigenvalue weighted by atomic mass is 9.97. The van der Waals surface area contributed by atoms with Gasteiger partial charge in [0.15, 0.2) is 0 Å². The van der Waals surface area contributed by atoms with Crippen LogP contribution in [0.4, 0.5) is 5.69 Å². The second-order valence-electron chi connectivity index (χ2n) is 5.03. The van der Waals surface area contributed by atoms with Crippen LogP contribution in [0.15, 0.2) is 18.2 Å². The van der Waals surface area contributed by atoms with Gasteiger partial charge in [-0.3, -0.25) is 4.90 Å². The van der Waals surface area contributed by atoms with Crippen molar-refractivity contribution in [3.8, 4) is 0 Å². The summed E-state index contributed by atoms with van der Waals surface area (Å²) in [5.74, 6) is 0.586. The fourth-order valence-electron chi connectivity index (χ4n) is 2.63. The van der Waals surface area contributed by atoms with E-state index in [9.17, 15) is 0 Å². The molecule has 1 aliphatic rings. The predicted molar refractivity (Wildman–Crippen MR) is 70.9 cm³/mol. The molecule has 1 aromatic rings. The molecule has 2 rings (SSSR count). The summed E-state index contributed by atoms with van der Waals surface area (Å²) in [4.78, 5) is 2.49. The lowest BCUT2D eigenvalue weighted by Gasteiger charge is -2.31. The van der Waals surface area contributed by atoms with Gasteiger partial charge in [0.25, 0.3) is 0 Å². The van der Waals surface area contributed by atoms with Crippen molar-refractivity contribution in [1.29, 1.82) is 0 Å². The number of benzene rings is 1. The molecule has 2 N–H and O–H groups in total. The average molecular weight is 234 g/mol. The van der Waals surface area contributed by atoms with Crippen molar-refractivity contribution in [2.45, 2.75) is 19.9 Å². The van der Waals surface area contributed by atoms with Crippen LogP contribution in [0, 0.1) is 5.92 Å². The quantitative estimate of drug-likeness (QED) is 0.809. The van der Waals surface area contributed by atoms with Gasteiger partial charge in [0, 0.05) is 39.0 Å². The van der Waals surface area contributed by atoms with Gasteiger partial charge in [-0.1, -0.05) is 19.1 Å². The molecule has 94 valence electrons. The monoisotopic (exact) mass is 234 g/mol. The third kappa shape index (κ3) is 2.99. The first kappa shape index (κ1) is 12.4. The molecule has 0 aliphatic carbocycles. The van der Waals surface area contributed by atoms with E-state index in [4.69, 9.17) is 10.5 Å². The average Bonchev–Trinajstić information content (AvgIpc) is 2.29. The molecule has 17 heavy (non-hydrogen) atoms. The summed E-state index contributed by atoms with van der Waals surface area (Å²) in [6, 6.07) is 6.25. The highest BCUT2D eigenvalue weighted by atomic mass is 16.5. The van der Waals surface area contributed by atoms with E-state index in [2.05, 4.69) is 24.0 Å². The lowest BCUT2D eigenvalue weighted by molar-refractivity contribution is 0.124. The van der Waals surface area contributed by atoms with Crippen LogP contribution < -0.4 is 5.73 Å². The molecule has 3 nitrogen and oxygen atoms in total. The number of rotatable bonds is 4. The highest BCUT2D eigenvalue weighted by Gasteiger charge is 2.19. The maximum atomic E-state index is 6.00. The first-order chi connectivity index (χ1) is 8.20. The van der Waals surface area contributed by atoms with Crippen molar-refractivity contribution < 1.29 is 4.74 Å². The number of nitrogens with zero attached hydrogens (tertiary/aromatic N) is 1. The maximum absolute atomic E-state index is 6.00. The van der Waals surface area contributed by atoms with Crippen LogP contribution in [0.2, 0.25) is 0 Å². The van der Waals surface area contributed by atoms with Crippen LogP contribution in [0.5, 0.6) is 0 Å². The molecule has 0 fully saturated rings. The highest BCUT2D eigenvalue weighted by molar-refractivity contribution is 5.51. The summed E-state index contributed by atoms with van der Waals surface area (Å²) in [6.45, 7) is 6.30. The fourth-order valence-corrected chi connectivity index (χ4v) is 2.63. The van der Waals surface area contributed by atoms with Gasteiger partial charge in [-0.05, 0) is 29.5 Å². The molecule has 1 aliphatic heterocycles. The van der Waals surface area contributed by atoms with Gasteiger partial charge in [0.2, 0.25) is 0 Å². The van der Waals surface area contributed by atoms with Crippen LogP contribution in [-0.4, -0.2) is 31.7 Å². The molecule has 0 bridgehead atoms. The van der Waals surface area contributed by atoms with Crippen LogP contribution in [0.3, 0.4) is 0 Å². The van der Waals surface area contributed by atoms with E-state index < -0.39 is 0 Å². The Kier molecular flexibility index (Phi) is 4.02. The Hall–Kier alpha value is -1.06.